The number of rotatable bonds is 1. The van der Waals surface area contributed by atoms with Crippen LogP contribution in [-0.4, -0.2) is 18.2 Å². The Morgan fingerprint density at radius 3 is 1.62 bits per heavy atom. The van der Waals surface area contributed by atoms with Gasteiger partial charge in [0.15, 0.2) is 0 Å². The van der Waals surface area contributed by atoms with Gasteiger partial charge in [-0.05, 0) is 0 Å². The fraction of sp³-hybridized carbons (Fsp3) is 0. The topological polar surface area (TPSA) is 86.7 Å². The summed E-state index contributed by atoms with van der Waals surface area (Å²) in [6.07, 6.45) is 0. The Labute approximate surface area is 79.1 Å². The number of hydrogen-bond donors (Lipinski definition) is 1. The fourth-order valence-electron chi connectivity index (χ4n) is 0. The summed E-state index contributed by atoms with van der Waals surface area (Å²) in [6.45, 7) is 0. The molecule has 0 saturated carbocycles. The molecule has 0 amide bonds. The van der Waals surface area contributed by atoms with E-state index in [9.17, 15) is 0 Å². The van der Waals surface area contributed by atoms with Crippen LogP contribution in [0.15, 0.2) is 0 Å². The molecule has 0 aromatic rings. The Kier molecular flexibility index (Phi) is 13.1. The molecule has 8 heavy (non-hydrogen) atoms. The minimum Gasteiger partial charge on any atom is -0.724 e. The van der Waals surface area contributed by atoms with Crippen LogP contribution in [0.3, 0.4) is 0 Å². The summed E-state index contributed by atoms with van der Waals surface area (Å²) in [5.41, 5.74) is 0. The second kappa shape index (κ2) is 6.47. The Balaban J connectivity index is -0.000000125. The van der Waals surface area contributed by atoms with Gasteiger partial charge in [-0.25, -0.2) is 13.7 Å². The molecule has 8 heteroatoms. The average molecular weight is 192 g/mol. The van der Waals surface area contributed by atoms with Crippen molar-refractivity contribution in [2.45, 2.75) is 0 Å². The Morgan fingerprint density at radius 2 is 1.62 bits per heavy atom. The fourth-order valence-corrected chi connectivity index (χ4v) is 0. The van der Waals surface area contributed by atoms with Crippen LogP contribution in [0.5, 0.6) is 0 Å². The molecule has 0 saturated heterocycles. The van der Waals surface area contributed by atoms with Crippen LogP contribution in [0, 0.1) is 0 Å². The van der Waals surface area contributed by atoms with Crippen LogP contribution in [0.25, 0.3) is 0 Å². The molecule has 43 valence electrons. The van der Waals surface area contributed by atoms with Crippen molar-refractivity contribution in [1.82, 2.24) is 0 Å². The maximum absolute atomic E-state index is 8.97. The minimum absolute atomic E-state index is 0. The summed E-state index contributed by atoms with van der Waals surface area (Å²) in [4.78, 5) is 0. The van der Waals surface area contributed by atoms with E-state index < -0.39 is 10.4 Å². The van der Waals surface area contributed by atoms with E-state index in [1.54, 1.807) is 0 Å². The van der Waals surface area contributed by atoms with Crippen molar-refractivity contribution in [2.24, 2.45) is 0 Å². The molecule has 0 unspecified atom stereocenters. The molecule has 1 N–H and O–H groups in total. The molecule has 0 aliphatic heterocycles. The quantitative estimate of drug-likeness (QED) is 0.150. The van der Waals surface area contributed by atoms with E-state index in [4.69, 9.17) is 18.2 Å². The first-order valence-electron chi connectivity index (χ1n) is 0.849. The first kappa shape index (κ1) is 16.2. The van der Waals surface area contributed by atoms with Crippen molar-refractivity contribution in [2.75, 3.05) is 0 Å². The van der Waals surface area contributed by atoms with E-state index in [1.165, 1.54) is 0 Å². The normalized spacial score (nSPS) is 8.75. The third-order valence-electron chi connectivity index (χ3n) is 0.0913. The first-order valence-corrected chi connectivity index (χ1v) is 2.18. The molecular formula is HFeNaO5S+3. The van der Waals surface area contributed by atoms with Gasteiger partial charge >= 0.3 is 46.6 Å². The number of hydrogen-bond acceptors (Lipinski definition) is 5. The van der Waals surface area contributed by atoms with Crippen LogP contribution >= 0.6 is 0 Å². The van der Waals surface area contributed by atoms with Gasteiger partial charge in [0.2, 0.25) is 10.4 Å². The zero-order valence-electron chi connectivity index (χ0n) is 3.84. The molecule has 1 radical (unpaired) electrons. The summed E-state index contributed by atoms with van der Waals surface area (Å²) >= 11 is 0. The Hall–Kier alpha value is 1.35. The van der Waals surface area contributed by atoms with E-state index in [0.717, 1.165) is 0 Å². The molecular weight excluding hydrogens is 191 g/mol. The molecule has 0 atom stereocenters. The van der Waals surface area contributed by atoms with Gasteiger partial charge in [0, 0.05) is 0 Å². The van der Waals surface area contributed by atoms with Crippen LogP contribution in [0.4, 0.5) is 0 Å². The zero-order valence-corrected chi connectivity index (χ0v) is 7.76. The van der Waals surface area contributed by atoms with Crippen LogP contribution < -0.4 is 29.6 Å². The van der Waals surface area contributed by atoms with Gasteiger partial charge in [-0.3, -0.25) is 0 Å². The van der Waals surface area contributed by atoms with Crippen LogP contribution in [-0.2, 0) is 31.8 Å². The van der Waals surface area contributed by atoms with Gasteiger partial charge in [0.1, 0.15) is 0 Å². The standard InChI is InChI=1S/Fe.Na.H2O5S/c;;1-5-6(2,3)4/h;;1H,(H,2,3,4)/q+3;+1;/p-1. The van der Waals surface area contributed by atoms with Gasteiger partial charge in [0.25, 0.3) is 0 Å². The molecule has 0 aromatic heterocycles. The minimum atomic E-state index is -4.86. The van der Waals surface area contributed by atoms with Gasteiger partial charge in [-0.1, -0.05) is 0 Å². The first-order chi connectivity index (χ1) is 2.56. The third-order valence-corrected chi connectivity index (χ3v) is 0.274. The monoisotopic (exact) mass is 192 g/mol. The average Bonchev–Trinajstić information content (AvgIpc) is 1.35. The van der Waals surface area contributed by atoms with Crippen molar-refractivity contribution >= 4 is 10.4 Å². The maximum Gasteiger partial charge on any atom is 3.00 e. The van der Waals surface area contributed by atoms with E-state index in [-0.39, 0.29) is 46.6 Å². The van der Waals surface area contributed by atoms with Crippen LogP contribution in [0.2, 0.25) is 0 Å². The molecule has 0 aliphatic rings. The van der Waals surface area contributed by atoms with Crippen molar-refractivity contribution in [3.63, 3.8) is 0 Å². The van der Waals surface area contributed by atoms with Gasteiger partial charge < -0.3 is 4.55 Å². The van der Waals surface area contributed by atoms with E-state index >= 15 is 0 Å². The molecule has 0 aliphatic carbocycles. The Morgan fingerprint density at radius 1 is 1.50 bits per heavy atom. The van der Waals surface area contributed by atoms with E-state index in [0.29, 0.717) is 0 Å². The predicted octanol–water partition coefficient (Wildman–Crippen LogP) is -4.06. The third kappa shape index (κ3) is 15.7. The summed E-state index contributed by atoms with van der Waals surface area (Å²) < 4.78 is 29.3. The smallest absolute Gasteiger partial charge is 0.724 e. The van der Waals surface area contributed by atoms with Gasteiger partial charge in [-0.15, -0.1) is 4.33 Å². The maximum atomic E-state index is 8.97. The largest absolute Gasteiger partial charge is 3.00 e. The molecule has 0 bridgehead atoms. The SMILES string of the molecule is O=S(=O)([O-])OO.[Fe+3].[Na+]. The predicted molar refractivity (Wildman–Crippen MR) is 13.4 cm³/mol. The summed E-state index contributed by atoms with van der Waals surface area (Å²) in [5.74, 6) is 0. The van der Waals surface area contributed by atoms with Crippen molar-refractivity contribution in [1.29, 1.82) is 0 Å². The molecule has 0 fully saturated rings. The summed E-state index contributed by atoms with van der Waals surface area (Å²) in [7, 11) is -4.86. The van der Waals surface area contributed by atoms with Gasteiger partial charge in [-0.2, -0.15) is 0 Å². The zero-order chi connectivity index (χ0) is 5.21. The molecule has 5 nitrogen and oxygen atoms in total. The van der Waals surface area contributed by atoms with Crippen molar-refractivity contribution in [3.8, 4) is 0 Å². The molecule has 0 aromatic carbocycles. The van der Waals surface area contributed by atoms with E-state index in [1.807, 2.05) is 0 Å². The van der Waals surface area contributed by atoms with Gasteiger partial charge in [0.05, 0.1) is 0 Å². The van der Waals surface area contributed by atoms with Crippen molar-refractivity contribution < 1.29 is 69.2 Å². The molecule has 0 rings (SSSR count). The molecule has 0 heterocycles. The van der Waals surface area contributed by atoms with E-state index in [2.05, 4.69) is 4.33 Å². The summed E-state index contributed by atoms with van der Waals surface area (Å²) in [6, 6.07) is 0. The second-order valence-electron chi connectivity index (χ2n) is 0.483. The molecule has 0 spiro atoms. The summed E-state index contributed by atoms with van der Waals surface area (Å²) in [5, 5.41) is 7.00. The Bertz CT molecular complexity index is 114. The second-order valence-corrected chi connectivity index (χ2v) is 1.45. The van der Waals surface area contributed by atoms with Crippen molar-refractivity contribution in [3.05, 3.63) is 0 Å². The van der Waals surface area contributed by atoms with Crippen LogP contribution in [0.1, 0.15) is 0 Å².